The van der Waals surface area contributed by atoms with Crippen molar-refractivity contribution in [1.29, 1.82) is 0 Å². The van der Waals surface area contributed by atoms with Gasteiger partial charge in [0.05, 0.1) is 11.7 Å². The zero-order valence-electron chi connectivity index (χ0n) is 9.86. The van der Waals surface area contributed by atoms with Gasteiger partial charge < -0.3 is 9.84 Å². The van der Waals surface area contributed by atoms with E-state index < -0.39 is 0 Å². The molecule has 2 rings (SSSR count). The summed E-state index contributed by atoms with van der Waals surface area (Å²) >= 11 is 5.67. The molecule has 0 fully saturated rings. The van der Waals surface area contributed by atoms with Crippen LogP contribution in [0.4, 0.5) is 5.82 Å². The first kappa shape index (κ1) is 11.9. The first-order chi connectivity index (χ1) is 8.08. The average Bonchev–Trinajstić information content (AvgIpc) is 2.62. The maximum Gasteiger partial charge on any atom is 0.151 e. The first-order valence-electron chi connectivity index (χ1n) is 5.26. The summed E-state index contributed by atoms with van der Waals surface area (Å²) in [6.45, 7) is 5.82. The van der Waals surface area contributed by atoms with Crippen molar-refractivity contribution in [3.05, 3.63) is 34.3 Å². The van der Waals surface area contributed by atoms with E-state index in [1.165, 1.54) is 0 Å². The van der Waals surface area contributed by atoms with Gasteiger partial charge in [0.1, 0.15) is 11.6 Å². The van der Waals surface area contributed by atoms with Crippen LogP contribution in [0, 0.1) is 13.8 Å². The largest absolute Gasteiger partial charge is 0.362 e. The molecule has 6 heteroatoms. The van der Waals surface area contributed by atoms with Crippen molar-refractivity contribution in [2.24, 2.45) is 0 Å². The normalized spacial score (nSPS) is 12.5. The Hall–Kier alpha value is -1.62. The molecule has 0 aromatic carbocycles. The van der Waals surface area contributed by atoms with Gasteiger partial charge in [-0.1, -0.05) is 16.8 Å². The van der Waals surface area contributed by atoms with Crippen LogP contribution in [0.25, 0.3) is 0 Å². The maximum absolute atomic E-state index is 5.67. The lowest BCUT2D eigenvalue weighted by atomic mass is 10.1. The third-order valence-corrected chi connectivity index (χ3v) is 2.72. The fraction of sp³-hybridized carbons (Fsp3) is 0.364. The highest BCUT2D eigenvalue weighted by Crippen LogP contribution is 2.24. The molecule has 0 saturated heterocycles. The Morgan fingerprint density at radius 3 is 2.59 bits per heavy atom. The minimum absolute atomic E-state index is 0.0525. The van der Waals surface area contributed by atoms with Crippen molar-refractivity contribution in [3.8, 4) is 0 Å². The highest BCUT2D eigenvalue weighted by Gasteiger charge is 2.16. The molecule has 90 valence electrons. The van der Waals surface area contributed by atoms with Crippen LogP contribution in [0.2, 0.25) is 5.15 Å². The summed E-state index contributed by atoms with van der Waals surface area (Å²) in [6.07, 6.45) is 0. The Morgan fingerprint density at radius 2 is 2.06 bits per heavy atom. The molecule has 0 amide bonds. The first-order valence-corrected chi connectivity index (χ1v) is 5.64. The number of hydrogen-bond donors (Lipinski definition) is 1. The molecule has 1 atom stereocenters. The predicted molar refractivity (Wildman–Crippen MR) is 65.1 cm³/mol. The molecule has 2 aromatic heterocycles. The van der Waals surface area contributed by atoms with Gasteiger partial charge in [0, 0.05) is 5.56 Å². The van der Waals surface area contributed by atoms with Crippen LogP contribution in [0.1, 0.15) is 30.0 Å². The van der Waals surface area contributed by atoms with Crippen LogP contribution in [0.3, 0.4) is 0 Å². The van der Waals surface area contributed by atoms with E-state index in [4.69, 9.17) is 16.1 Å². The van der Waals surface area contributed by atoms with Crippen LogP contribution < -0.4 is 5.32 Å². The van der Waals surface area contributed by atoms with Crippen molar-refractivity contribution in [1.82, 2.24) is 15.4 Å². The maximum atomic E-state index is 5.67. The number of nitrogens with zero attached hydrogens (tertiary/aromatic N) is 3. The molecule has 0 aliphatic heterocycles. The highest BCUT2D eigenvalue weighted by atomic mass is 35.5. The van der Waals surface area contributed by atoms with Crippen LogP contribution in [0.5, 0.6) is 0 Å². The fourth-order valence-electron chi connectivity index (χ4n) is 1.80. The predicted octanol–water partition coefficient (Wildman–Crippen LogP) is 2.91. The topological polar surface area (TPSA) is 63.8 Å². The fourth-order valence-corrected chi connectivity index (χ4v) is 1.90. The molecule has 0 bridgehead atoms. The lowest BCUT2D eigenvalue weighted by Crippen LogP contribution is -2.09. The second-order valence-electron chi connectivity index (χ2n) is 3.85. The molecule has 2 aromatic rings. The molecule has 1 N–H and O–H groups in total. The summed E-state index contributed by atoms with van der Waals surface area (Å²) < 4.78 is 5.13. The molecule has 17 heavy (non-hydrogen) atoms. The zero-order valence-corrected chi connectivity index (χ0v) is 10.6. The Bertz CT molecular complexity index is 489. The van der Waals surface area contributed by atoms with Crippen molar-refractivity contribution >= 4 is 17.4 Å². The highest BCUT2D eigenvalue weighted by molar-refractivity contribution is 6.29. The SMILES string of the molecule is Cc1noc(C)c1C(C)Nc1ccc(Cl)nn1. The van der Waals surface area contributed by atoms with Crippen molar-refractivity contribution in [3.63, 3.8) is 0 Å². The summed E-state index contributed by atoms with van der Waals surface area (Å²) in [4.78, 5) is 0. The van der Waals surface area contributed by atoms with Crippen molar-refractivity contribution in [2.75, 3.05) is 5.32 Å². The molecular formula is C11H13ClN4O. The number of hydrogen-bond acceptors (Lipinski definition) is 5. The van der Waals surface area contributed by atoms with E-state index in [0.717, 1.165) is 17.0 Å². The standard InChI is InChI=1S/C11H13ClN4O/c1-6(11-7(2)16-17-8(11)3)13-10-5-4-9(12)14-15-10/h4-6H,1-3H3,(H,13,15). The molecule has 0 aliphatic carbocycles. The number of nitrogens with one attached hydrogen (secondary N) is 1. The van der Waals surface area contributed by atoms with Gasteiger partial charge in [-0.25, -0.2) is 0 Å². The van der Waals surface area contributed by atoms with E-state index in [9.17, 15) is 0 Å². The van der Waals surface area contributed by atoms with E-state index in [-0.39, 0.29) is 6.04 Å². The van der Waals surface area contributed by atoms with Gasteiger partial charge in [0.25, 0.3) is 0 Å². The van der Waals surface area contributed by atoms with E-state index in [1.807, 2.05) is 20.8 Å². The van der Waals surface area contributed by atoms with Crippen LogP contribution in [-0.4, -0.2) is 15.4 Å². The number of aromatic nitrogens is 3. The Morgan fingerprint density at radius 1 is 1.29 bits per heavy atom. The Balaban J connectivity index is 2.17. The molecule has 0 aliphatic rings. The van der Waals surface area contributed by atoms with E-state index >= 15 is 0 Å². The van der Waals surface area contributed by atoms with Gasteiger partial charge in [-0.15, -0.1) is 10.2 Å². The van der Waals surface area contributed by atoms with Gasteiger partial charge in [-0.3, -0.25) is 0 Å². The summed E-state index contributed by atoms with van der Waals surface area (Å²) in [7, 11) is 0. The Labute approximate surface area is 104 Å². The molecule has 1 unspecified atom stereocenters. The minimum atomic E-state index is 0.0525. The third kappa shape index (κ3) is 2.55. The summed E-state index contributed by atoms with van der Waals surface area (Å²) in [5, 5.41) is 15.2. The minimum Gasteiger partial charge on any atom is -0.362 e. The number of anilines is 1. The molecule has 2 heterocycles. The van der Waals surface area contributed by atoms with Gasteiger partial charge in [0.15, 0.2) is 5.15 Å². The quantitative estimate of drug-likeness (QED) is 0.910. The van der Waals surface area contributed by atoms with Gasteiger partial charge in [-0.05, 0) is 32.9 Å². The average molecular weight is 253 g/mol. The van der Waals surface area contributed by atoms with E-state index in [1.54, 1.807) is 12.1 Å². The summed E-state index contributed by atoms with van der Waals surface area (Å²) in [6, 6.07) is 3.53. The van der Waals surface area contributed by atoms with Crippen molar-refractivity contribution in [2.45, 2.75) is 26.8 Å². The molecule has 0 saturated carbocycles. The van der Waals surface area contributed by atoms with E-state index in [0.29, 0.717) is 11.0 Å². The molecule has 5 nitrogen and oxygen atoms in total. The van der Waals surface area contributed by atoms with Gasteiger partial charge in [-0.2, -0.15) is 0 Å². The lowest BCUT2D eigenvalue weighted by molar-refractivity contribution is 0.392. The number of aryl methyl sites for hydroxylation is 2. The number of halogens is 1. The van der Waals surface area contributed by atoms with Crippen LogP contribution in [-0.2, 0) is 0 Å². The number of rotatable bonds is 3. The lowest BCUT2D eigenvalue weighted by Gasteiger charge is -2.13. The molecular weight excluding hydrogens is 240 g/mol. The smallest absolute Gasteiger partial charge is 0.151 e. The van der Waals surface area contributed by atoms with Crippen LogP contribution in [0.15, 0.2) is 16.7 Å². The monoisotopic (exact) mass is 252 g/mol. The third-order valence-electron chi connectivity index (χ3n) is 2.52. The summed E-state index contributed by atoms with van der Waals surface area (Å²) in [5.41, 5.74) is 1.92. The Kier molecular flexibility index (Phi) is 3.28. The molecule has 0 spiro atoms. The second kappa shape index (κ2) is 4.71. The van der Waals surface area contributed by atoms with Gasteiger partial charge in [0.2, 0.25) is 0 Å². The van der Waals surface area contributed by atoms with E-state index in [2.05, 4.69) is 20.7 Å². The van der Waals surface area contributed by atoms with Crippen molar-refractivity contribution < 1.29 is 4.52 Å². The molecule has 0 radical (unpaired) electrons. The van der Waals surface area contributed by atoms with Crippen LogP contribution >= 0.6 is 11.6 Å². The summed E-state index contributed by atoms with van der Waals surface area (Å²) in [5.74, 6) is 1.48. The second-order valence-corrected chi connectivity index (χ2v) is 4.23. The van der Waals surface area contributed by atoms with Gasteiger partial charge >= 0.3 is 0 Å². The zero-order chi connectivity index (χ0) is 12.4.